The van der Waals surface area contributed by atoms with Crippen LogP contribution in [0.5, 0.6) is 11.5 Å². The van der Waals surface area contributed by atoms with Gasteiger partial charge in [0.05, 0.1) is 36.8 Å². The molecule has 0 aliphatic rings. The minimum atomic E-state index is -0.347. The number of benzene rings is 1. The number of hydrogen-bond acceptors (Lipinski definition) is 8. The Morgan fingerprint density at radius 3 is 2.62 bits per heavy atom. The number of rotatable bonds is 7. The molecule has 0 aliphatic heterocycles. The smallest absolute Gasteiger partial charge is 0.281 e. The predicted octanol–water partition coefficient (Wildman–Crippen LogP) is 2.04. The van der Waals surface area contributed by atoms with Gasteiger partial charge < -0.3 is 9.47 Å². The highest BCUT2D eigenvalue weighted by Gasteiger charge is 2.13. The maximum absolute atomic E-state index is 12.8. The van der Waals surface area contributed by atoms with Gasteiger partial charge in [-0.2, -0.15) is 0 Å². The van der Waals surface area contributed by atoms with Crippen molar-refractivity contribution in [3.8, 4) is 11.5 Å². The van der Waals surface area contributed by atoms with E-state index in [2.05, 4.69) is 15.4 Å². The third-order valence-corrected chi connectivity index (χ3v) is 5.84. The van der Waals surface area contributed by atoms with Gasteiger partial charge in [-0.15, -0.1) is 11.3 Å². The van der Waals surface area contributed by atoms with Crippen LogP contribution < -0.4 is 26.0 Å². The molecule has 166 valence electrons. The number of aryl methyl sites for hydroxylation is 2. The van der Waals surface area contributed by atoms with Gasteiger partial charge in [0.1, 0.15) is 10.7 Å². The van der Waals surface area contributed by atoms with Crippen molar-refractivity contribution in [1.29, 1.82) is 0 Å². The molecule has 0 saturated carbocycles. The number of nitrogens with zero attached hydrogens (tertiary/aromatic N) is 4. The second-order valence-corrected chi connectivity index (χ2v) is 7.94. The first-order valence-corrected chi connectivity index (χ1v) is 10.7. The minimum Gasteiger partial charge on any atom is -0.493 e. The summed E-state index contributed by atoms with van der Waals surface area (Å²) < 4.78 is 13.1. The number of aromatic nitrogens is 4. The lowest BCUT2D eigenvalue weighted by molar-refractivity contribution is -0.117. The Balaban J connectivity index is 1.46. The van der Waals surface area contributed by atoms with E-state index in [9.17, 15) is 14.4 Å². The van der Waals surface area contributed by atoms with Gasteiger partial charge in [-0.25, -0.2) is 14.6 Å². The third-order valence-electron chi connectivity index (χ3n) is 5.03. The summed E-state index contributed by atoms with van der Waals surface area (Å²) in [5.74, 6) is 0.979. The summed E-state index contributed by atoms with van der Waals surface area (Å²) in [5.41, 5.74) is 2.53. The van der Waals surface area contributed by atoms with Crippen LogP contribution in [-0.2, 0) is 11.3 Å². The molecule has 0 spiro atoms. The zero-order valence-electron chi connectivity index (χ0n) is 17.7. The number of carbonyl (C=O) groups is 1. The second kappa shape index (κ2) is 8.79. The number of thiophene rings is 1. The summed E-state index contributed by atoms with van der Waals surface area (Å²) in [6.07, 6.45) is 1.94. The van der Waals surface area contributed by atoms with Crippen molar-refractivity contribution in [1.82, 2.24) is 19.2 Å². The molecule has 1 amide bonds. The van der Waals surface area contributed by atoms with E-state index in [4.69, 9.17) is 9.47 Å². The van der Waals surface area contributed by atoms with Crippen LogP contribution in [0.15, 0.2) is 39.5 Å². The summed E-state index contributed by atoms with van der Waals surface area (Å²) in [6.45, 7) is 1.95. The van der Waals surface area contributed by atoms with Crippen molar-refractivity contribution in [2.24, 2.45) is 0 Å². The van der Waals surface area contributed by atoms with E-state index < -0.39 is 0 Å². The van der Waals surface area contributed by atoms with Crippen LogP contribution in [0.2, 0.25) is 0 Å². The maximum Gasteiger partial charge on any atom is 0.281 e. The van der Waals surface area contributed by atoms with E-state index >= 15 is 0 Å². The van der Waals surface area contributed by atoms with Crippen LogP contribution in [0, 0.1) is 6.92 Å². The Kier molecular flexibility index (Phi) is 5.91. The highest BCUT2D eigenvalue weighted by molar-refractivity contribution is 7.16. The number of ether oxygens (including phenoxy) is 2. The summed E-state index contributed by atoms with van der Waals surface area (Å²) >= 11 is 1.37. The fraction of sp³-hybridized carbons (Fsp3) is 0.286. The molecule has 10 nitrogen and oxygen atoms in total. The Hall–Kier alpha value is -3.73. The summed E-state index contributed by atoms with van der Waals surface area (Å²) in [4.78, 5) is 47.1. The summed E-state index contributed by atoms with van der Waals surface area (Å²) in [6, 6.07) is 4.92. The zero-order chi connectivity index (χ0) is 22.8. The van der Waals surface area contributed by atoms with Gasteiger partial charge in [-0.05, 0) is 30.9 Å². The first-order chi connectivity index (χ1) is 15.4. The average molecular weight is 455 g/mol. The highest BCUT2D eigenvalue weighted by Crippen LogP contribution is 2.29. The van der Waals surface area contributed by atoms with Crippen LogP contribution in [0.4, 0.5) is 0 Å². The van der Waals surface area contributed by atoms with Crippen molar-refractivity contribution in [3.63, 3.8) is 0 Å². The third kappa shape index (κ3) is 3.94. The predicted molar refractivity (Wildman–Crippen MR) is 121 cm³/mol. The molecule has 4 aromatic rings. The van der Waals surface area contributed by atoms with Crippen LogP contribution in [0.3, 0.4) is 0 Å². The van der Waals surface area contributed by atoms with Crippen LogP contribution in [0.25, 0.3) is 21.1 Å². The molecule has 0 unspecified atom stereocenters. The lowest BCUT2D eigenvalue weighted by Gasteiger charge is -2.12. The molecule has 0 radical (unpaired) electrons. The second-order valence-electron chi connectivity index (χ2n) is 7.04. The van der Waals surface area contributed by atoms with E-state index in [1.54, 1.807) is 30.5 Å². The number of methoxy groups -OCH3 is 2. The van der Waals surface area contributed by atoms with E-state index in [0.29, 0.717) is 51.4 Å². The van der Waals surface area contributed by atoms with E-state index in [1.165, 1.54) is 36.5 Å². The normalized spacial score (nSPS) is 11.1. The molecule has 1 N–H and O–H groups in total. The SMILES string of the molecule is COc1cc2ncn(CCCC(=O)Nn3c(C)nc4sccc4c3=O)c(=O)c2cc1OC. The fourth-order valence-electron chi connectivity index (χ4n) is 3.38. The molecule has 0 atom stereocenters. The molecule has 1 aromatic carbocycles. The lowest BCUT2D eigenvalue weighted by Crippen LogP contribution is -2.35. The minimum absolute atomic E-state index is 0.115. The van der Waals surface area contributed by atoms with Gasteiger partial charge >= 0.3 is 0 Å². The standard InChI is InChI=1S/C21H21N5O5S/c1-12-23-19-13(6-8-32-19)21(29)26(12)24-18(27)5-4-7-25-11-22-15-10-17(31-3)16(30-2)9-14(15)20(25)28/h6,8-11H,4-5,7H2,1-3H3,(H,24,27). The molecule has 0 fully saturated rings. The van der Waals surface area contributed by atoms with Crippen molar-refractivity contribution in [2.75, 3.05) is 19.6 Å². The molecule has 11 heteroatoms. The molecule has 0 saturated heterocycles. The molecule has 0 bridgehead atoms. The average Bonchev–Trinajstić information content (AvgIpc) is 3.26. The molecule has 3 aromatic heterocycles. The largest absolute Gasteiger partial charge is 0.493 e. The van der Waals surface area contributed by atoms with Crippen molar-refractivity contribution >= 4 is 38.4 Å². The number of fused-ring (bicyclic) bond motifs is 2. The molecule has 3 heterocycles. The van der Waals surface area contributed by atoms with Crippen molar-refractivity contribution in [2.45, 2.75) is 26.3 Å². The lowest BCUT2D eigenvalue weighted by atomic mass is 10.2. The van der Waals surface area contributed by atoms with E-state index in [0.717, 1.165) is 4.68 Å². The van der Waals surface area contributed by atoms with Gasteiger partial charge in [0.25, 0.3) is 11.1 Å². The number of nitrogens with one attached hydrogen (secondary N) is 1. The van der Waals surface area contributed by atoms with Crippen molar-refractivity contribution < 1.29 is 14.3 Å². The highest BCUT2D eigenvalue weighted by atomic mass is 32.1. The first-order valence-electron chi connectivity index (χ1n) is 9.81. The van der Waals surface area contributed by atoms with Crippen LogP contribution in [0.1, 0.15) is 18.7 Å². The zero-order valence-corrected chi connectivity index (χ0v) is 18.6. The van der Waals surface area contributed by atoms with Gasteiger partial charge in [0.2, 0.25) is 5.91 Å². The van der Waals surface area contributed by atoms with E-state index in [-0.39, 0.29) is 23.4 Å². The monoisotopic (exact) mass is 455 g/mol. The molecule has 0 aliphatic carbocycles. The molecular formula is C21H21N5O5S. The van der Waals surface area contributed by atoms with Gasteiger partial charge in [0.15, 0.2) is 11.5 Å². The van der Waals surface area contributed by atoms with Crippen LogP contribution >= 0.6 is 11.3 Å². The maximum atomic E-state index is 12.8. The quantitative estimate of drug-likeness (QED) is 0.453. The van der Waals surface area contributed by atoms with Gasteiger partial charge in [-0.1, -0.05) is 0 Å². The number of hydrogen-bond donors (Lipinski definition) is 1. The van der Waals surface area contributed by atoms with E-state index in [1.807, 2.05) is 0 Å². The summed E-state index contributed by atoms with van der Waals surface area (Å²) in [7, 11) is 3.01. The number of amides is 1. The molecular weight excluding hydrogens is 434 g/mol. The summed E-state index contributed by atoms with van der Waals surface area (Å²) in [5, 5.41) is 2.64. The number of carbonyl (C=O) groups excluding carboxylic acids is 1. The Bertz CT molecular complexity index is 1440. The van der Waals surface area contributed by atoms with Crippen LogP contribution in [-0.4, -0.2) is 39.3 Å². The van der Waals surface area contributed by atoms with Crippen molar-refractivity contribution in [3.05, 3.63) is 56.4 Å². The Morgan fingerprint density at radius 2 is 1.88 bits per heavy atom. The van der Waals surface area contributed by atoms with Gasteiger partial charge in [0, 0.05) is 19.0 Å². The topological polar surface area (TPSA) is 117 Å². The fourth-order valence-corrected chi connectivity index (χ4v) is 4.18. The first kappa shape index (κ1) is 21.5. The molecule has 32 heavy (non-hydrogen) atoms. The Morgan fingerprint density at radius 1 is 1.12 bits per heavy atom. The van der Waals surface area contributed by atoms with Gasteiger partial charge in [-0.3, -0.25) is 24.4 Å². The Labute approximate surface area is 186 Å². The molecule has 4 rings (SSSR count).